The van der Waals surface area contributed by atoms with Crippen molar-refractivity contribution in [3.05, 3.63) is 29.8 Å². The Kier molecular flexibility index (Phi) is 4.98. The number of hydrogen-bond acceptors (Lipinski definition) is 5. The number of carbonyl (C=O) groups is 3. The van der Waals surface area contributed by atoms with Crippen molar-refractivity contribution in [2.24, 2.45) is 0 Å². The highest BCUT2D eigenvalue weighted by Crippen LogP contribution is 2.18. The first-order valence-corrected chi connectivity index (χ1v) is 6.97. The third kappa shape index (κ3) is 3.55. The number of phenolic OH excluding ortho intramolecular Hbond substituents is 1. The van der Waals surface area contributed by atoms with Gasteiger partial charge in [-0.3, -0.25) is 9.59 Å². The molecule has 0 aromatic heterocycles. The number of benzene rings is 1. The summed E-state index contributed by atoms with van der Waals surface area (Å²) in [5.74, 6) is -1.26. The van der Waals surface area contributed by atoms with Crippen LogP contribution in [-0.4, -0.2) is 54.0 Å². The SMILES string of the molecule is COC(=O)C1CCCN1C(=O)CNC(=O)c1cccc(O)c1. The highest BCUT2D eigenvalue weighted by molar-refractivity contribution is 5.97. The molecule has 1 aromatic carbocycles. The van der Waals surface area contributed by atoms with Crippen molar-refractivity contribution in [2.75, 3.05) is 20.2 Å². The quantitative estimate of drug-likeness (QED) is 0.779. The molecule has 1 aromatic rings. The Morgan fingerprint density at radius 3 is 2.86 bits per heavy atom. The molecule has 118 valence electrons. The van der Waals surface area contributed by atoms with Crippen LogP contribution in [0.1, 0.15) is 23.2 Å². The summed E-state index contributed by atoms with van der Waals surface area (Å²) in [5, 5.41) is 11.8. The van der Waals surface area contributed by atoms with Crippen LogP contribution in [0.4, 0.5) is 0 Å². The molecule has 1 aliphatic heterocycles. The molecule has 22 heavy (non-hydrogen) atoms. The topological polar surface area (TPSA) is 95.9 Å². The summed E-state index contributed by atoms with van der Waals surface area (Å²) in [4.78, 5) is 37.1. The summed E-state index contributed by atoms with van der Waals surface area (Å²) in [7, 11) is 1.28. The van der Waals surface area contributed by atoms with Crippen molar-refractivity contribution in [1.29, 1.82) is 0 Å². The maximum atomic E-state index is 12.1. The number of phenols is 1. The van der Waals surface area contributed by atoms with Gasteiger partial charge in [-0.2, -0.15) is 0 Å². The summed E-state index contributed by atoms with van der Waals surface area (Å²) in [6, 6.07) is 5.27. The van der Waals surface area contributed by atoms with Crippen LogP contribution in [0.15, 0.2) is 24.3 Å². The normalized spacial score (nSPS) is 17.1. The molecule has 1 unspecified atom stereocenters. The lowest BCUT2D eigenvalue weighted by molar-refractivity contribution is -0.150. The van der Waals surface area contributed by atoms with E-state index in [1.165, 1.54) is 30.2 Å². The molecule has 2 rings (SSSR count). The average molecular weight is 306 g/mol. The fourth-order valence-corrected chi connectivity index (χ4v) is 2.45. The van der Waals surface area contributed by atoms with Gasteiger partial charge in [-0.25, -0.2) is 4.79 Å². The van der Waals surface area contributed by atoms with Gasteiger partial charge in [0.2, 0.25) is 5.91 Å². The number of amides is 2. The molecule has 0 spiro atoms. The predicted octanol–water partition coefficient (Wildman–Crippen LogP) is 0.286. The Labute approximate surface area is 127 Å². The number of rotatable bonds is 4. The third-order valence-corrected chi connectivity index (χ3v) is 3.55. The lowest BCUT2D eigenvalue weighted by atomic mass is 10.2. The predicted molar refractivity (Wildman–Crippen MR) is 77.2 cm³/mol. The zero-order valence-electron chi connectivity index (χ0n) is 12.2. The Morgan fingerprint density at radius 2 is 2.18 bits per heavy atom. The van der Waals surface area contributed by atoms with Gasteiger partial charge in [0.25, 0.3) is 5.91 Å². The van der Waals surface area contributed by atoms with Crippen LogP contribution in [0.5, 0.6) is 5.75 Å². The molecule has 0 aliphatic carbocycles. The van der Waals surface area contributed by atoms with Crippen molar-refractivity contribution in [2.45, 2.75) is 18.9 Å². The molecule has 7 nitrogen and oxygen atoms in total. The average Bonchev–Trinajstić information content (AvgIpc) is 3.01. The summed E-state index contributed by atoms with van der Waals surface area (Å²) in [6.45, 7) is 0.266. The van der Waals surface area contributed by atoms with Crippen LogP contribution in [0.2, 0.25) is 0 Å². The molecule has 1 aliphatic rings. The highest BCUT2D eigenvalue weighted by Gasteiger charge is 2.34. The number of nitrogens with zero attached hydrogens (tertiary/aromatic N) is 1. The van der Waals surface area contributed by atoms with Crippen molar-refractivity contribution >= 4 is 17.8 Å². The largest absolute Gasteiger partial charge is 0.508 e. The molecular weight excluding hydrogens is 288 g/mol. The van der Waals surface area contributed by atoms with Gasteiger partial charge in [0.1, 0.15) is 11.8 Å². The van der Waals surface area contributed by atoms with Crippen LogP contribution in [-0.2, 0) is 14.3 Å². The molecular formula is C15H18N2O5. The number of aromatic hydroxyl groups is 1. The second-order valence-corrected chi connectivity index (χ2v) is 5.00. The van der Waals surface area contributed by atoms with Crippen LogP contribution in [0.3, 0.4) is 0 Å². The van der Waals surface area contributed by atoms with Crippen molar-refractivity contribution in [3.63, 3.8) is 0 Å². The van der Waals surface area contributed by atoms with Gasteiger partial charge >= 0.3 is 5.97 Å². The Morgan fingerprint density at radius 1 is 1.41 bits per heavy atom. The molecule has 1 saturated heterocycles. The fourth-order valence-electron chi connectivity index (χ4n) is 2.45. The van der Waals surface area contributed by atoms with Gasteiger partial charge in [0, 0.05) is 12.1 Å². The van der Waals surface area contributed by atoms with Gasteiger partial charge < -0.3 is 20.1 Å². The van der Waals surface area contributed by atoms with Crippen LogP contribution in [0, 0.1) is 0 Å². The van der Waals surface area contributed by atoms with Gasteiger partial charge in [-0.15, -0.1) is 0 Å². The number of esters is 1. The minimum absolute atomic E-state index is 0.0238. The molecule has 1 fully saturated rings. The molecule has 2 N–H and O–H groups in total. The van der Waals surface area contributed by atoms with E-state index in [0.717, 1.165) is 6.42 Å². The summed E-state index contributed by atoms with van der Waals surface area (Å²) < 4.78 is 4.67. The smallest absolute Gasteiger partial charge is 0.328 e. The van der Waals surface area contributed by atoms with E-state index >= 15 is 0 Å². The second-order valence-electron chi connectivity index (χ2n) is 5.00. The first-order valence-electron chi connectivity index (χ1n) is 6.97. The fraction of sp³-hybridized carbons (Fsp3) is 0.400. The van der Waals surface area contributed by atoms with E-state index in [1.54, 1.807) is 6.07 Å². The summed E-state index contributed by atoms with van der Waals surface area (Å²) in [6.07, 6.45) is 1.30. The number of carbonyl (C=O) groups excluding carboxylic acids is 3. The van der Waals surface area contributed by atoms with Crippen molar-refractivity contribution in [1.82, 2.24) is 10.2 Å². The minimum Gasteiger partial charge on any atom is -0.508 e. The molecule has 0 bridgehead atoms. The Hall–Kier alpha value is -2.57. The Balaban J connectivity index is 1.92. The first kappa shape index (κ1) is 15.8. The zero-order valence-corrected chi connectivity index (χ0v) is 12.2. The first-order chi connectivity index (χ1) is 10.5. The standard InChI is InChI=1S/C15H18N2O5/c1-22-15(21)12-6-3-7-17(12)13(19)9-16-14(20)10-4-2-5-11(18)8-10/h2,4-5,8,12,18H,3,6-7,9H2,1H3,(H,16,20). The van der Waals surface area contributed by atoms with E-state index in [1.807, 2.05) is 0 Å². The van der Waals surface area contributed by atoms with E-state index < -0.39 is 17.9 Å². The highest BCUT2D eigenvalue weighted by atomic mass is 16.5. The number of ether oxygens (including phenoxy) is 1. The number of hydrogen-bond donors (Lipinski definition) is 2. The molecule has 1 heterocycles. The van der Waals surface area contributed by atoms with E-state index in [9.17, 15) is 19.5 Å². The van der Waals surface area contributed by atoms with Crippen LogP contribution >= 0.6 is 0 Å². The minimum atomic E-state index is -0.574. The molecule has 0 saturated carbocycles. The van der Waals surface area contributed by atoms with E-state index in [2.05, 4.69) is 10.1 Å². The third-order valence-electron chi connectivity index (χ3n) is 3.55. The number of methoxy groups -OCH3 is 1. The lowest BCUT2D eigenvalue weighted by Gasteiger charge is -2.22. The van der Waals surface area contributed by atoms with Crippen LogP contribution in [0.25, 0.3) is 0 Å². The van der Waals surface area contributed by atoms with E-state index in [4.69, 9.17) is 0 Å². The monoisotopic (exact) mass is 306 g/mol. The number of likely N-dealkylation sites (tertiary alicyclic amines) is 1. The van der Waals surface area contributed by atoms with Crippen molar-refractivity contribution in [3.8, 4) is 5.75 Å². The second kappa shape index (κ2) is 6.93. The summed E-state index contributed by atoms with van der Waals surface area (Å²) >= 11 is 0. The lowest BCUT2D eigenvalue weighted by Crippen LogP contribution is -2.45. The summed E-state index contributed by atoms with van der Waals surface area (Å²) in [5.41, 5.74) is 0.263. The van der Waals surface area contributed by atoms with Crippen LogP contribution < -0.4 is 5.32 Å². The van der Waals surface area contributed by atoms with Crippen molar-refractivity contribution < 1.29 is 24.2 Å². The number of nitrogens with one attached hydrogen (secondary N) is 1. The van der Waals surface area contributed by atoms with Gasteiger partial charge in [0.05, 0.1) is 13.7 Å². The van der Waals surface area contributed by atoms with E-state index in [-0.39, 0.29) is 23.8 Å². The maximum Gasteiger partial charge on any atom is 0.328 e. The van der Waals surface area contributed by atoms with Gasteiger partial charge in [0.15, 0.2) is 0 Å². The zero-order chi connectivity index (χ0) is 16.1. The molecule has 7 heteroatoms. The van der Waals surface area contributed by atoms with Gasteiger partial charge in [-0.05, 0) is 31.0 Å². The molecule has 1 atom stereocenters. The van der Waals surface area contributed by atoms with E-state index in [0.29, 0.717) is 13.0 Å². The molecule has 0 radical (unpaired) electrons. The van der Waals surface area contributed by atoms with Gasteiger partial charge in [-0.1, -0.05) is 6.07 Å². The molecule has 2 amide bonds. The maximum absolute atomic E-state index is 12.1. The Bertz CT molecular complexity index is 587.